The van der Waals surface area contributed by atoms with E-state index < -0.39 is 57.0 Å². The van der Waals surface area contributed by atoms with Crippen LogP contribution in [0.2, 0.25) is 0 Å². The van der Waals surface area contributed by atoms with E-state index in [0.29, 0.717) is 47.0 Å². The molecular formula is C49H51F3N8O6S. The van der Waals surface area contributed by atoms with Crippen LogP contribution in [0.15, 0.2) is 73.1 Å². The van der Waals surface area contributed by atoms with Crippen LogP contribution >= 0.6 is 0 Å². The third-order valence-electron chi connectivity index (χ3n) is 14.4. The fraction of sp³-hybridized carbons (Fsp3) is 0.408. The minimum atomic E-state index is -4.35. The minimum Gasteiger partial charge on any atom is -0.372 e. The van der Waals surface area contributed by atoms with E-state index in [9.17, 15) is 32.0 Å². The number of fused-ring (bicyclic) bond motifs is 2. The smallest absolute Gasteiger partial charge is 0.301 e. The van der Waals surface area contributed by atoms with Crippen molar-refractivity contribution in [3.63, 3.8) is 0 Å². The predicted molar refractivity (Wildman–Crippen MR) is 245 cm³/mol. The Morgan fingerprint density at radius 3 is 2.37 bits per heavy atom. The van der Waals surface area contributed by atoms with Crippen LogP contribution in [-0.4, -0.2) is 114 Å². The summed E-state index contributed by atoms with van der Waals surface area (Å²) in [5.74, 6) is -3.30. The van der Waals surface area contributed by atoms with Crippen LogP contribution in [0.4, 0.5) is 24.5 Å². The highest BCUT2D eigenvalue weighted by atomic mass is 32.2. The number of nitrogens with one attached hydrogen (secondary N) is 3. The van der Waals surface area contributed by atoms with Crippen molar-refractivity contribution in [1.82, 2.24) is 29.4 Å². The average molecular weight is 937 g/mol. The lowest BCUT2D eigenvalue weighted by Gasteiger charge is -2.36. The average Bonchev–Trinajstić information content (AvgIpc) is 4.06. The Balaban J connectivity index is 0.711. The quantitative estimate of drug-likeness (QED) is 0.0913. The van der Waals surface area contributed by atoms with Crippen molar-refractivity contribution in [2.45, 2.75) is 76.0 Å². The molecule has 18 heteroatoms. The summed E-state index contributed by atoms with van der Waals surface area (Å²) in [5, 5.41) is 2.71. The number of nitrogens with zero attached hydrogens (tertiary/aromatic N) is 5. The van der Waals surface area contributed by atoms with Gasteiger partial charge < -0.3 is 19.7 Å². The van der Waals surface area contributed by atoms with Gasteiger partial charge in [0.2, 0.25) is 17.6 Å². The van der Waals surface area contributed by atoms with E-state index in [1.807, 2.05) is 22.9 Å². The van der Waals surface area contributed by atoms with Gasteiger partial charge in [0.15, 0.2) is 5.82 Å². The van der Waals surface area contributed by atoms with Crippen molar-refractivity contribution >= 4 is 56.1 Å². The van der Waals surface area contributed by atoms with Gasteiger partial charge in [-0.3, -0.25) is 29.2 Å². The number of hydrogen-bond acceptors (Lipinski definition) is 9. The number of carbonyl (C=O) groups is 4. The SMILES string of the molecule is O=C1CCC(N2Cc3cc(C4CCN(CCC5CCN(c6ccc(-c7cnc8[nH]cc(C(=O)c9c(F)ccc(NS(=O)(=O)N%10CC[C@@H](F)C%10)c9F)c8c7)cc6)CC5)CC4)ccc3C2=O)C(=O)N1. The minimum absolute atomic E-state index is 0.00581. The number of ketones is 1. The highest BCUT2D eigenvalue weighted by molar-refractivity contribution is 7.90. The molecule has 14 nitrogen and oxygen atoms in total. The Hall–Kier alpha value is -6.11. The number of benzene rings is 3. The van der Waals surface area contributed by atoms with Gasteiger partial charge in [0.1, 0.15) is 23.7 Å². The molecule has 350 valence electrons. The Kier molecular flexibility index (Phi) is 12.1. The van der Waals surface area contributed by atoms with E-state index in [4.69, 9.17) is 0 Å². The molecule has 2 aromatic heterocycles. The number of anilines is 2. The number of carbonyl (C=O) groups excluding carboxylic acids is 4. The Labute approximate surface area is 386 Å². The van der Waals surface area contributed by atoms with E-state index >= 15 is 8.78 Å². The number of piperidine rings is 3. The van der Waals surface area contributed by atoms with Gasteiger partial charge in [-0.05, 0) is 130 Å². The normalized spacial score (nSPS) is 21.3. The lowest BCUT2D eigenvalue weighted by molar-refractivity contribution is -0.136. The number of rotatable bonds is 12. The van der Waals surface area contributed by atoms with Gasteiger partial charge in [-0.15, -0.1) is 0 Å². The Bertz CT molecular complexity index is 2880. The first-order valence-electron chi connectivity index (χ1n) is 23.1. The molecule has 0 aliphatic carbocycles. The number of aromatic nitrogens is 2. The Morgan fingerprint density at radius 1 is 0.866 bits per heavy atom. The molecule has 3 amide bonds. The molecule has 0 radical (unpaired) electrons. The summed E-state index contributed by atoms with van der Waals surface area (Å²) < 4.78 is 73.1. The van der Waals surface area contributed by atoms with Crippen LogP contribution in [0.25, 0.3) is 22.2 Å². The summed E-state index contributed by atoms with van der Waals surface area (Å²) in [6.07, 6.45) is 7.69. The zero-order valence-corrected chi connectivity index (χ0v) is 37.6. The van der Waals surface area contributed by atoms with Crippen LogP contribution in [0.1, 0.15) is 94.7 Å². The van der Waals surface area contributed by atoms with Crippen molar-refractivity contribution in [2.75, 3.05) is 55.4 Å². The molecule has 1 unspecified atom stereocenters. The van der Waals surface area contributed by atoms with Crippen molar-refractivity contribution in [2.24, 2.45) is 5.92 Å². The fourth-order valence-electron chi connectivity index (χ4n) is 10.5. The molecule has 2 atom stereocenters. The van der Waals surface area contributed by atoms with E-state index in [1.54, 1.807) is 17.2 Å². The lowest BCUT2D eigenvalue weighted by Crippen LogP contribution is -2.52. The highest BCUT2D eigenvalue weighted by Crippen LogP contribution is 2.36. The molecule has 0 saturated carbocycles. The number of amides is 3. The second kappa shape index (κ2) is 18.2. The van der Waals surface area contributed by atoms with Crippen LogP contribution in [0.3, 0.4) is 0 Å². The molecule has 7 heterocycles. The molecule has 4 fully saturated rings. The zero-order chi connectivity index (χ0) is 46.6. The first kappa shape index (κ1) is 44.7. The number of halogens is 3. The van der Waals surface area contributed by atoms with E-state index in [0.717, 1.165) is 98.1 Å². The predicted octanol–water partition coefficient (Wildman–Crippen LogP) is 6.69. The summed E-state index contributed by atoms with van der Waals surface area (Å²) in [5.41, 5.74) is 4.23. The van der Waals surface area contributed by atoms with Crippen LogP contribution < -0.4 is 14.9 Å². The van der Waals surface area contributed by atoms with Gasteiger partial charge in [-0.1, -0.05) is 24.3 Å². The van der Waals surface area contributed by atoms with Gasteiger partial charge >= 0.3 is 10.2 Å². The van der Waals surface area contributed by atoms with Crippen molar-refractivity contribution in [1.29, 1.82) is 0 Å². The molecule has 4 saturated heterocycles. The zero-order valence-electron chi connectivity index (χ0n) is 36.8. The van der Waals surface area contributed by atoms with Gasteiger partial charge in [0, 0.05) is 79.3 Å². The van der Waals surface area contributed by atoms with E-state index in [-0.39, 0.29) is 43.3 Å². The molecule has 3 N–H and O–H groups in total. The number of imide groups is 1. The van der Waals surface area contributed by atoms with E-state index in [2.05, 4.69) is 49.4 Å². The molecule has 5 aliphatic rings. The first-order valence-corrected chi connectivity index (χ1v) is 24.5. The number of H-pyrrole nitrogens is 1. The number of pyridine rings is 1. The standard InChI is InChI=1S/C49H51F3N8O6S/c50-35-16-22-59(28-35)67(65,66)56-41-8-7-40(51)44(45(41)52)46(62)39-26-54-47-38(39)24-33(25-53-47)30-1-4-36(5-2-30)58-20-12-29(13-21-58)11-17-57-18-14-31(15-19-57)32-3-6-37-34(23-32)27-60(49(37)64)42-9-10-43(61)55-48(42)63/h1-8,23-26,29,31,35,42,56H,9-22,27-28H2,(H,53,54)(H,55,61,63)/t35-,42?/m1/s1. The molecule has 0 bridgehead atoms. The maximum atomic E-state index is 15.8. The number of hydrogen-bond donors (Lipinski definition) is 3. The summed E-state index contributed by atoms with van der Waals surface area (Å²) >= 11 is 0. The molecule has 5 aliphatic heterocycles. The second-order valence-electron chi connectivity index (χ2n) is 18.5. The van der Waals surface area contributed by atoms with Crippen molar-refractivity contribution in [3.05, 3.63) is 113 Å². The van der Waals surface area contributed by atoms with Crippen molar-refractivity contribution < 1.29 is 40.8 Å². The number of aromatic amines is 1. The summed E-state index contributed by atoms with van der Waals surface area (Å²) in [6.45, 7) is 4.93. The largest absolute Gasteiger partial charge is 0.372 e. The van der Waals surface area contributed by atoms with Crippen LogP contribution in [0, 0.1) is 17.6 Å². The van der Waals surface area contributed by atoms with Gasteiger partial charge in [0.05, 0.1) is 11.3 Å². The Morgan fingerprint density at radius 2 is 1.64 bits per heavy atom. The van der Waals surface area contributed by atoms with Crippen LogP contribution in [-0.2, 0) is 26.3 Å². The molecule has 10 rings (SSSR count). The fourth-order valence-corrected chi connectivity index (χ4v) is 11.7. The van der Waals surface area contributed by atoms with Crippen molar-refractivity contribution in [3.8, 4) is 11.1 Å². The van der Waals surface area contributed by atoms with E-state index in [1.165, 1.54) is 11.8 Å². The molecule has 67 heavy (non-hydrogen) atoms. The summed E-state index contributed by atoms with van der Waals surface area (Å²) in [7, 11) is -4.35. The van der Waals surface area contributed by atoms with Crippen LogP contribution in [0.5, 0.6) is 0 Å². The summed E-state index contributed by atoms with van der Waals surface area (Å²) in [6, 6.07) is 17.1. The van der Waals surface area contributed by atoms with Gasteiger partial charge in [-0.25, -0.2) is 18.2 Å². The summed E-state index contributed by atoms with van der Waals surface area (Å²) in [4.78, 5) is 65.0. The molecule has 5 aromatic rings. The molecule has 3 aromatic carbocycles. The number of alkyl halides is 1. The topological polar surface area (TPSA) is 168 Å². The lowest BCUT2D eigenvalue weighted by atomic mass is 9.87. The highest BCUT2D eigenvalue weighted by Gasteiger charge is 2.40. The van der Waals surface area contributed by atoms with Gasteiger partial charge in [-0.2, -0.15) is 12.7 Å². The molecular weight excluding hydrogens is 886 g/mol. The number of likely N-dealkylation sites (tertiary alicyclic amines) is 1. The second-order valence-corrected chi connectivity index (χ2v) is 20.2. The third-order valence-corrected chi connectivity index (χ3v) is 15.9. The maximum Gasteiger partial charge on any atom is 0.301 e. The maximum absolute atomic E-state index is 15.8. The first-order chi connectivity index (χ1) is 32.3. The third kappa shape index (κ3) is 8.93. The monoisotopic (exact) mass is 936 g/mol. The molecule has 0 spiro atoms. The van der Waals surface area contributed by atoms with Gasteiger partial charge in [0.25, 0.3) is 5.91 Å².